The number of aromatic nitrogens is 3. The fourth-order valence-corrected chi connectivity index (χ4v) is 2.38. The predicted octanol–water partition coefficient (Wildman–Crippen LogP) is 3.46. The first kappa shape index (κ1) is 21.2. The summed E-state index contributed by atoms with van der Waals surface area (Å²) in [6.07, 6.45) is -2.91. The van der Waals surface area contributed by atoms with Crippen LogP contribution in [0.5, 0.6) is 5.88 Å². The van der Waals surface area contributed by atoms with Gasteiger partial charge in [0.25, 0.3) is 0 Å². The third kappa shape index (κ3) is 6.54. The minimum atomic E-state index is -4.46. The van der Waals surface area contributed by atoms with Crippen molar-refractivity contribution < 1.29 is 31.6 Å². The maximum Gasteiger partial charge on any atom is 0.422 e. The van der Waals surface area contributed by atoms with Gasteiger partial charge in [0.2, 0.25) is 23.5 Å². The number of amides is 1. The van der Waals surface area contributed by atoms with Crippen molar-refractivity contribution in [2.24, 2.45) is 0 Å². The van der Waals surface area contributed by atoms with Crippen LogP contribution in [0.25, 0.3) is 11.4 Å². The van der Waals surface area contributed by atoms with Gasteiger partial charge in [-0.1, -0.05) is 5.16 Å². The van der Waals surface area contributed by atoms with Gasteiger partial charge in [-0.15, -0.1) is 0 Å². The first-order chi connectivity index (χ1) is 14.3. The fraction of sp³-hybridized carbons (Fsp3) is 0.263. The lowest BCUT2D eigenvalue weighted by atomic mass is 10.2. The Labute approximate surface area is 168 Å². The summed E-state index contributed by atoms with van der Waals surface area (Å²) in [5.41, 5.74) is 1.11. The minimum absolute atomic E-state index is 0.0631. The molecule has 1 N–H and O–H groups in total. The van der Waals surface area contributed by atoms with Crippen LogP contribution in [-0.2, 0) is 17.8 Å². The van der Waals surface area contributed by atoms with Gasteiger partial charge in [-0.25, -0.2) is 9.37 Å². The van der Waals surface area contributed by atoms with Gasteiger partial charge in [0.05, 0.1) is 0 Å². The molecular weight excluding hydrogens is 408 g/mol. The summed E-state index contributed by atoms with van der Waals surface area (Å²) in [5.74, 6) is -0.346. The van der Waals surface area contributed by atoms with Crippen molar-refractivity contribution in [2.75, 3.05) is 6.61 Å². The molecule has 7 nitrogen and oxygen atoms in total. The van der Waals surface area contributed by atoms with Crippen molar-refractivity contribution in [1.82, 2.24) is 20.4 Å². The number of rotatable bonds is 8. The zero-order valence-electron chi connectivity index (χ0n) is 15.4. The van der Waals surface area contributed by atoms with Crippen molar-refractivity contribution in [2.45, 2.75) is 25.6 Å². The highest BCUT2D eigenvalue weighted by Gasteiger charge is 2.28. The topological polar surface area (TPSA) is 90.1 Å². The maximum atomic E-state index is 13.0. The van der Waals surface area contributed by atoms with Crippen LogP contribution >= 0.6 is 0 Å². The number of ether oxygens (including phenoxy) is 1. The number of pyridine rings is 1. The van der Waals surface area contributed by atoms with Crippen LogP contribution in [0.2, 0.25) is 0 Å². The molecule has 0 aliphatic carbocycles. The molecule has 11 heteroatoms. The molecule has 158 valence electrons. The van der Waals surface area contributed by atoms with Crippen LogP contribution in [0.4, 0.5) is 17.6 Å². The van der Waals surface area contributed by atoms with E-state index in [0.717, 1.165) is 0 Å². The van der Waals surface area contributed by atoms with Gasteiger partial charge >= 0.3 is 6.18 Å². The number of hydrogen-bond acceptors (Lipinski definition) is 6. The van der Waals surface area contributed by atoms with Crippen LogP contribution in [0.15, 0.2) is 47.1 Å². The third-order valence-corrected chi connectivity index (χ3v) is 3.81. The summed E-state index contributed by atoms with van der Waals surface area (Å²) in [5, 5.41) is 6.43. The molecule has 0 saturated heterocycles. The predicted molar refractivity (Wildman–Crippen MR) is 95.6 cm³/mol. The van der Waals surface area contributed by atoms with Crippen molar-refractivity contribution in [3.05, 3.63) is 59.9 Å². The van der Waals surface area contributed by atoms with Gasteiger partial charge in [0.1, 0.15) is 5.82 Å². The van der Waals surface area contributed by atoms with Crippen LogP contribution in [0, 0.1) is 5.82 Å². The molecule has 0 fully saturated rings. The number of benzene rings is 1. The first-order valence-electron chi connectivity index (χ1n) is 8.78. The number of carbonyl (C=O) groups excluding carboxylic acids is 1. The molecule has 2 aromatic heterocycles. The minimum Gasteiger partial charge on any atom is -0.468 e. The van der Waals surface area contributed by atoms with Crippen LogP contribution in [0.3, 0.4) is 0 Å². The summed E-state index contributed by atoms with van der Waals surface area (Å²) >= 11 is 0. The second kappa shape index (κ2) is 9.33. The van der Waals surface area contributed by atoms with E-state index >= 15 is 0 Å². The van der Waals surface area contributed by atoms with Gasteiger partial charge in [-0.2, -0.15) is 18.2 Å². The molecule has 3 aromatic rings. The molecule has 30 heavy (non-hydrogen) atoms. The van der Waals surface area contributed by atoms with E-state index in [1.54, 1.807) is 6.07 Å². The lowest BCUT2D eigenvalue weighted by Gasteiger charge is -2.09. The monoisotopic (exact) mass is 424 g/mol. The smallest absolute Gasteiger partial charge is 0.422 e. The van der Waals surface area contributed by atoms with E-state index in [4.69, 9.17) is 4.52 Å². The highest BCUT2D eigenvalue weighted by Crippen LogP contribution is 2.18. The SMILES string of the molecule is O=C(CCc1nc(-c2ccc(F)cc2)no1)NCc1ccnc(OCC(F)(F)F)c1. The number of hydrogen-bond donors (Lipinski definition) is 1. The number of carbonyl (C=O) groups is 1. The number of halogens is 4. The van der Waals surface area contributed by atoms with E-state index in [-0.39, 0.29) is 48.7 Å². The Balaban J connectivity index is 1.46. The molecule has 1 aromatic carbocycles. The van der Waals surface area contributed by atoms with Crippen molar-refractivity contribution in [3.63, 3.8) is 0 Å². The van der Waals surface area contributed by atoms with Gasteiger partial charge in [-0.3, -0.25) is 4.79 Å². The number of nitrogens with zero attached hydrogens (tertiary/aromatic N) is 3. The molecule has 0 unspecified atom stereocenters. The summed E-state index contributed by atoms with van der Waals surface area (Å²) in [6.45, 7) is -1.35. The Bertz CT molecular complexity index is 990. The Morgan fingerprint density at radius 1 is 1.17 bits per heavy atom. The second-order valence-corrected chi connectivity index (χ2v) is 6.20. The third-order valence-electron chi connectivity index (χ3n) is 3.81. The average molecular weight is 424 g/mol. The maximum absolute atomic E-state index is 13.0. The molecule has 0 saturated carbocycles. The normalized spacial score (nSPS) is 11.3. The highest BCUT2D eigenvalue weighted by molar-refractivity contribution is 5.76. The summed E-state index contributed by atoms with van der Waals surface area (Å²) in [7, 11) is 0. The molecule has 0 aliphatic heterocycles. The van der Waals surface area contributed by atoms with Crippen molar-refractivity contribution >= 4 is 5.91 Å². The van der Waals surface area contributed by atoms with E-state index in [1.807, 2.05) is 0 Å². The number of nitrogens with one attached hydrogen (secondary N) is 1. The second-order valence-electron chi connectivity index (χ2n) is 6.20. The molecule has 1 amide bonds. The Morgan fingerprint density at radius 2 is 1.93 bits per heavy atom. The quantitative estimate of drug-likeness (QED) is 0.557. The molecular formula is C19H16F4N4O3. The van der Waals surface area contributed by atoms with E-state index in [1.165, 1.54) is 36.5 Å². The number of alkyl halides is 3. The van der Waals surface area contributed by atoms with Gasteiger partial charge in [0, 0.05) is 37.2 Å². The molecule has 0 bridgehead atoms. The van der Waals surface area contributed by atoms with E-state index in [0.29, 0.717) is 11.1 Å². The average Bonchev–Trinajstić information content (AvgIpc) is 3.19. The Kier molecular flexibility index (Phi) is 6.60. The zero-order chi connectivity index (χ0) is 21.6. The van der Waals surface area contributed by atoms with Crippen LogP contribution < -0.4 is 10.1 Å². The number of aryl methyl sites for hydroxylation is 1. The molecule has 2 heterocycles. The van der Waals surface area contributed by atoms with Gasteiger partial charge < -0.3 is 14.6 Å². The summed E-state index contributed by atoms with van der Waals surface area (Å²) in [4.78, 5) is 19.9. The van der Waals surface area contributed by atoms with Gasteiger partial charge in [0.15, 0.2) is 6.61 Å². The molecule has 0 atom stereocenters. The summed E-state index contributed by atoms with van der Waals surface area (Å²) < 4.78 is 59.2. The lowest BCUT2D eigenvalue weighted by Crippen LogP contribution is -2.23. The zero-order valence-corrected chi connectivity index (χ0v) is 15.4. The van der Waals surface area contributed by atoms with E-state index in [9.17, 15) is 22.4 Å². The Morgan fingerprint density at radius 3 is 2.67 bits per heavy atom. The largest absolute Gasteiger partial charge is 0.468 e. The Hall–Kier alpha value is -3.50. The van der Waals surface area contributed by atoms with E-state index < -0.39 is 12.8 Å². The standard InChI is InChI=1S/C19H16F4N4O3/c20-14-3-1-13(2-4-14)18-26-16(30-27-18)6-5-15(28)25-10-12-7-8-24-17(9-12)29-11-19(21,22)23/h1-4,7-9H,5-6,10-11H2,(H,25,28). The lowest BCUT2D eigenvalue weighted by molar-refractivity contribution is -0.154. The summed E-state index contributed by atoms with van der Waals surface area (Å²) in [6, 6.07) is 8.44. The molecule has 0 aliphatic rings. The molecule has 3 rings (SSSR count). The van der Waals surface area contributed by atoms with Gasteiger partial charge in [-0.05, 0) is 35.9 Å². The first-order valence-corrected chi connectivity index (χ1v) is 8.78. The fourth-order valence-electron chi connectivity index (χ4n) is 2.38. The van der Waals surface area contributed by atoms with Crippen molar-refractivity contribution in [3.8, 4) is 17.3 Å². The van der Waals surface area contributed by atoms with Crippen LogP contribution in [-0.4, -0.2) is 33.8 Å². The molecule has 0 spiro atoms. The van der Waals surface area contributed by atoms with E-state index in [2.05, 4.69) is 25.2 Å². The van der Waals surface area contributed by atoms with Crippen molar-refractivity contribution in [1.29, 1.82) is 0 Å². The van der Waals surface area contributed by atoms with Crippen LogP contribution in [0.1, 0.15) is 17.9 Å². The molecule has 0 radical (unpaired) electrons. The highest BCUT2D eigenvalue weighted by atomic mass is 19.4.